The fraction of sp³-hybridized carbons (Fsp3) is 0.158. The SMILES string of the molecule is COc1ccc(C(=O)[C@@H](C)OC(=O)/C=C/c2ccccc2Cl)cc1. The van der Waals surface area contributed by atoms with Crippen molar-refractivity contribution in [2.75, 3.05) is 7.11 Å². The van der Waals surface area contributed by atoms with Gasteiger partial charge in [0.15, 0.2) is 6.10 Å². The van der Waals surface area contributed by atoms with Crippen LogP contribution in [0.1, 0.15) is 22.8 Å². The predicted octanol–water partition coefficient (Wildman–Crippen LogP) is 4.18. The number of rotatable bonds is 6. The molecule has 2 rings (SSSR count). The van der Waals surface area contributed by atoms with E-state index in [2.05, 4.69) is 0 Å². The van der Waals surface area contributed by atoms with Gasteiger partial charge in [-0.2, -0.15) is 0 Å². The maximum absolute atomic E-state index is 12.2. The van der Waals surface area contributed by atoms with E-state index in [-0.39, 0.29) is 5.78 Å². The van der Waals surface area contributed by atoms with E-state index in [1.807, 2.05) is 6.07 Å². The van der Waals surface area contributed by atoms with Gasteiger partial charge in [0.25, 0.3) is 0 Å². The van der Waals surface area contributed by atoms with Crippen LogP contribution in [-0.4, -0.2) is 25.0 Å². The molecule has 1 atom stereocenters. The number of Topliss-reactive ketones (excluding diaryl/α,β-unsaturated/α-hetero) is 1. The highest BCUT2D eigenvalue weighted by molar-refractivity contribution is 6.32. The lowest BCUT2D eigenvalue weighted by atomic mass is 10.1. The summed E-state index contributed by atoms with van der Waals surface area (Å²) in [5, 5.41) is 0.531. The first-order valence-electron chi connectivity index (χ1n) is 7.32. The number of carbonyl (C=O) groups is 2. The maximum Gasteiger partial charge on any atom is 0.331 e. The smallest absolute Gasteiger partial charge is 0.331 e. The van der Waals surface area contributed by atoms with Crippen molar-refractivity contribution in [1.29, 1.82) is 0 Å². The number of ketones is 1. The molecule has 0 saturated heterocycles. The van der Waals surface area contributed by atoms with E-state index >= 15 is 0 Å². The van der Waals surface area contributed by atoms with Crippen molar-refractivity contribution in [1.82, 2.24) is 0 Å². The molecule has 0 heterocycles. The molecule has 5 heteroatoms. The van der Waals surface area contributed by atoms with Crippen LogP contribution < -0.4 is 4.74 Å². The molecule has 0 bridgehead atoms. The Bertz CT molecular complexity index is 750. The number of methoxy groups -OCH3 is 1. The van der Waals surface area contributed by atoms with Gasteiger partial charge in [0, 0.05) is 16.7 Å². The minimum atomic E-state index is -0.887. The molecule has 0 saturated carbocycles. The van der Waals surface area contributed by atoms with Crippen LogP contribution in [-0.2, 0) is 9.53 Å². The summed E-state index contributed by atoms with van der Waals surface area (Å²) in [4.78, 5) is 24.1. The molecule has 0 radical (unpaired) electrons. The maximum atomic E-state index is 12.2. The molecule has 124 valence electrons. The summed E-state index contributed by atoms with van der Waals surface area (Å²) < 4.78 is 10.2. The van der Waals surface area contributed by atoms with E-state index in [0.717, 1.165) is 0 Å². The number of hydrogen-bond acceptors (Lipinski definition) is 4. The zero-order valence-corrected chi connectivity index (χ0v) is 14.1. The third kappa shape index (κ3) is 4.70. The monoisotopic (exact) mass is 344 g/mol. The highest BCUT2D eigenvalue weighted by Crippen LogP contribution is 2.17. The van der Waals surface area contributed by atoms with E-state index in [9.17, 15) is 9.59 Å². The van der Waals surface area contributed by atoms with Crippen LogP contribution >= 0.6 is 11.6 Å². The summed E-state index contributed by atoms with van der Waals surface area (Å²) in [5.74, 6) is -0.236. The second-order valence-corrected chi connectivity index (χ2v) is 5.43. The van der Waals surface area contributed by atoms with Crippen molar-refractivity contribution in [2.45, 2.75) is 13.0 Å². The molecule has 24 heavy (non-hydrogen) atoms. The van der Waals surface area contributed by atoms with Gasteiger partial charge < -0.3 is 9.47 Å². The molecular weight excluding hydrogens is 328 g/mol. The lowest BCUT2D eigenvalue weighted by molar-refractivity contribution is -0.140. The molecule has 0 aromatic heterocycles. The Balaban J connectivity index is 1.97. The van der Waals surface area contributed by atoms with Gasteiger partial charge in [-0.05, 0) is 48.9 Å². The molecular formula is C19H17ClO4. The Morgan fingerprint density at radius 2 is 1.75 bits per heavy atom. The van der Waals surface area contributed by atoms with E-state index in [4.69, 9.17) is 21.1 Å². The molecule has 0 fully saturated rings. The number of ether oxygens (including phenoxy) is 2. The molecule has 0 unspecified atom stereocenters. The lowest BCUT2D eigenvalue weighted by Gasteiger charge is -2.11. The van der Waals surface area contributed by atoms with Crippen molar-refractivity contribution < 1.29 is 19.1 Å². The van der Waals surface area contributed by atoms with Crippen LogP contribution in [0.2, 0.25) is 5.02 Å². The van der Waals surface area contributed by atoms with Gasteiger partial charge in [0.2, 0.25) is 5.78 Å². The van der Waals surface area contributed by atoms with Gasteiger partial charge in [-0.25, -0.2) is 4.79 Å². The zero-order chi connectivity index (χ0) is 17.5. The Hall–Kier alpha value is -2.59. The molecule has 0 spiro atoms. The van der Waals surface area contributed by atoms with Crippen molar-refractivity contribution in [3.63, 3.8) is 0 Å². The van der Waals surface area contributed by atoms with Crippen LogP contribution in [0.4, 0.5) is 0 Å². The highest BCUT2D eigenvalue weighted by atomic mass is 35.5. The Labute approximate surface area is 145 Å². The standard InChI is InChI=1S/C19H17ClO4/c1-13(19(22)15-7-10-16(23-2)11-8-15)24-18(21)12-9-14-5-3-4-6-17(14)20/h3-13H,1-2H3/b12-9+/t13-/m1/s1. The summed E-state index contributed by atoms with van der Waals surface area (Å²) in [5.41, 5.74) is 1.15. The van der Waals surface area contributed by atoms with Crippen LogP contribution in [0, 0.1) is 0 Å². The molecule has 0 amide bonds. The first kappa shape index (κ1) is 17.8. The Morgan fingerprint density at radius 1 is 1.08 bits per heavy atom. The van der Waals surface area contributed by atoms with Crippen molar-refractivity contribution in [3.8, 4) is 5.75 Å². The molecule has 0 aliphatic heterocycles. The molecule has 0 N–H and O–H groups in total. The third-order valence-corrected chi connectivity index (χ3v) is 3.69. The molecule has 0 aliphatic rings. The number of halogens is 1. The first-order chi connectivity index (χ1) is 11.5. The average molecular weight is 345 g/mol. The highest BCUT2D eigenvalue weighted by Gasteiger charge is 2.18. The zero-order valence-electron chi connectivity index (χ0n) is 13.4. The largest absolute Gasteiger partial charge is 0.497 e. The van der Waals surface area contributed by atoms with Crippen LogP contribution in [0.25, 0.3) is 6.08 Å². The summed E-state index contributed by atoms with van der Waals surface area (Å²) in [7, 11) is 1.55. The minimum Gasteiger partial charge on any atom is -0.497 e. The number of benzene rings is 2. The number of hydrogen-bond donors (Lipinski definition) is 0. The lowest BCUT2D eigenvalue weighted by Crippen LogP contribution is -2.23. The molecule has 0 aliphatic carbocycles. The summed E-state index contributed by atoms with van der Waals surface area (Å²) in [6, 6.07) is 13.7. The number of carbonyl (C=O) groups excluding carboxylic acids is 2. The van der Waals surface area contributed by atoms with Gasteiger partial charge in [0.1, 0.15) is 5.75 Å². The minimum absolute atomic E-state index is 0.280. The van der Waals surface area contributed by atoms with Gasteiger partial charge in [-0.1, -0.05) is 29.8 Å². The van der Waals surface area contributed by atoms with Crippen LogP contribution in [0.5, 0.6) is 5.75 Å². The fourth-order valence-corrected chi connectivity index (χ4v) is 2.22. The fourth-order valence-electron chi connectivity index (χ4n) is 2.03. The van der Waals surface area contributed by atoms with E-state index in [0.29, 0.717) is 21.9 Å². The van der Waals surface area contributed by atoms with Crippen molar-refractivity contribution in [3.05, 3.63) is 70.8 Å². The Morgan fingerprint density at radius 3 is 2.38 bits per heavy atom. The summed E-state index contributed by atoms with van der Waals surface area (Å²) in [6.45, 7) is 1.54. The second kappa shape index (κ2) is 8.31. The van der Waals surface area contributed by atoms with Crippen LogP contribution in [0.15, 0.2) is 54.6 Å². The topological polar surface area (TPSA) is 52.6 Å². The Kier molecular flexibility index (Phi) is 6.15. The van der Waals surface area contributed by atoms with Gasteiger partial charge in [-0.15, -0.1) is 0 Å². The number of esters is 1. The molecule has 2 aromatic rings. The van der Waals surface area contributed by atoms with Crippen LogP contribution in [0.3, 0.4) is 0 Å². The van der Waals surface area contributed by atoms with Gasteiger partial charge in [0.05, 0.1) is 7.11 Å². The van der Waals surface area contributed by atoms with Gasteiger partial charge in [-0.3, -0.25) is 4.79 Å². The predicted molar refractivity (Wildman–Crippen MR) is 93.4 cm³/mol. The van der Waals surface area contributed by atoms with Gasteiger partial charge >= 0.3 is 5.97 Å². The molecule has 2 aromatic carbocycles. The van der Waals surface area contributed by atoms with Crippen molar-refractivity contribution in [2.24, 2.45) is 0 Å². The normalized spacial score (nSPS) is 12.0. The summed E-state index contributed by atoms with van der Waals surface area (Å²) >= 11 is 6.00. The first-order valence-corrected chi connectivity index (χ1v) is 7.70. The summed E-state index contributed by atoms with van der Waals surface area (Å²) in [6.07, 6.45) is 1.91. The molecule has 4 nitrogen and oxygen atoms in total. The second-order valence-electron chi connectivity index (χ2n) is 5.03. The van der Waals surface area contributed by atoms with E-state index in [1.54, 1.807) is 55.7 Å². The quantitative estimate of drug-likeness (QED) is 0.448. The third-order valence-electron chi connectivity index (χ3n) is 3.34. The van der Waals surface area contributed by atoms with E-state index < -0.39 is 12.1 Å². The average Bonchev–Trinajstić information content (AvgIpc) is 2.60. The van der Waals surface area contributed by atoms with Crippen molar-refractivity contribution >= 4 is 29.4 Å². The van der Waals surface area contributed by atoms with E-state index in [1.165, 1.54) is 13.0 Å².